The maximum Gasteiger partial charge on any atom is 0.164 e. The van der Waals surface area contributed by atoms with Gasteiger partial charge in [0, 0.05) is 29.4 Å². The molecule has 8 saturated carbocycles. The topological polar surface area (TPSA) is 115 Å². The number of rotatable bonds is 4. The Morgan fingerprint density at radius 2 is 0.908 bits per heavy atom. The van der Waals surface area contributed by atoms with Crippen LogP contribution in [0.1, 0.15) is 233 Å². The molecule has 0 aromatic rings. The maximum atomic E-state index is 13.4. The summed E-state index contributed by atoms with van der Waals surface area (Å²) < 4.78 is 1.22. The quantitative estimate of drug-likeness (QED) is 0.0965. The SMILES string of the molecule is CC1(C)CC[C@]2(C(=O)CO)CC[C@]3(C)C(=CC[C@@H]4[C@@]5(C)C[C@H](O)[C@@H](O)C(C)(C)[C@@H]5CC[C@]43C)[C@@H]2C1.CCI.C[C@@H]1[C@@H](C)C[C@]2(C)[C@H]3CC=C4[C@@H]5CC(C)(C)CC[C@]5(C(=O)CO)CC[C@@]4(C)[C@]3(C)CC[C@H]2C1(C)C.[CH2-]I.[V]. The van der Waals surface area contributed by atoms with Gasteiger partial charge in [-0.25, -0.2) is 0 Å². The minimum Gasteiger partial charge on any atom is -0.390 e. The van der Waals surface area contributed by atoms with Crippen LogP contribution in [-0.4, -0.2) is 61.8 Å². The molecule has 6 nitrogen and oxygen atoms in total. The van der Waals surface area contributed by atoms with E-state index in [1.165, 1.54) is 35.7 Å². The van der Waals surface area contributed by atoms with Crippen LogP contribution in [0.3, 0.4) is 0 Å². The molecule has 1 radical (unpaired) electrons. The first-order valence-electron chi connectivity index (χ1n) is 30.5. The predicted molar refractivity (Wildman–Crippen MR) is 327 cm³/mol. The number of aliphatic hydroxyl groups is 4. The zero-order chi connectivity index (χ0) is 56.3. The number of Topliss-reactive ketones (excluding diaryl/α,β-unsaturated/α-hetero) is 2. The molecule has 0 amide bonds. The average molecular weight is 1320 g/mol. The van der Waals surface area contributed by atoms with E-state index >= 15 is 0 Å². The van der Waals surface area contributed by atoms with Gasteiger partial charge in [0.2, 0.25) is 0 Å². The van der Waals surface area contributed by atoms with Gasteiger partial charge in [0.1, 0.15) is 13.2 Å². The molecule has 10 aliphatic carbocycles. The van der Waals surface area contributed by atoms with Gasteiger partial charge < -0.3 is 43.0 Å². The number of hydrogen-bond acceptors (Lipinski definition) is 6. The van der Waals surface area contributed by atoms with Crippen molar-refractivity contribution in [3.8, 4) is 0 Å². The van der Waals surface area contributed by atoms with Gasteiger partial charge >= 0.3 is 0 Å². The first-order chi connectivity index (χ1) is 34.6. The van der Waals surface area contributed by atoms with Crippen molar-refractivity contribution in [3.63, 3.8) is 0 Å². The van der Waals surface area contributed by atoms with E-state index in [0.29, 0.717) is 35.0 Å². The van der Waals surface area contributed by atoms with Crippen molar-refractivity contribution in [2.75, 3.05) is 17.6 Å². The smallest absolute Gasteiger partial charge is 0.164 e. The molecule has 435 valence electrons. The molecular weight excluding hydrogens is 1210 g/mol. The largest absolute Gasteiger partial charge is 0.390 e. The number of hydrogen-bond donors (Lipinski definition) is 4. The summed E-state index contributed by atoms with van der Waals surface area (Å²) in [4.78, 5) is 29.9. The number of halogens is 2. The normalized spacial score (nSPS) is 48.5. The van der Waals surface area contributed by atoms with Crippen molar-refractivity contribution in [2.45, 2.75) is 245 Å². The fourth-order valence-electron chi connectivity index (χ4n) is 22.7. The Kier molecular flexibility index (Phi) is 19.3. The van der Waals surface area contributed by atoms with Gasteiger partial charge in [0.15, 0.2) is 11.6 Å². The number of alkyl halides is 1. The molecule has 8 fully saturated rings. The van der Waals surface area contributed by atoms with Gasteiger partial charge in [0.05, 0.1) is 12.2 Å². The molecule has 9 heteroatoms. The third-order valence-corrected chi connectivity index (χ3v) is 27.6. The monoisotopic (exact) mass is 1320 g/mol. The Labute approximate surface area is 504 Å². The molecule has 0 aromatic carbocycles. The Balaban J connectivity index is 0.000000225. The summed E-state index contributed by atoms with van der Waals surface area (Å²) in [5.41, 5.74) is 3.89. The van der Waals surface area contributed by atoms with E-state index in [2.05, 4.69) is 157 Å². The maximum absolute atomic E-state index is 13.4. The summed E-state index contributed by atoms with van der Waals surface area (Å²) in [5, 5.41) is 42.0. The molecule has 0 aromatic heterocycles. The predicted octanol–water partition coefficient (Wildman–Crippen LogP) is 16.6. The van der Waals surface area contributed by atoms with Gasteiger partial charge in [-0.3, -0.25) is 14.5 Å². The average Bonchev–Trinajstić information content (AvgIpc) is 3.33. The van der Waals surface area contributed by atoms with E-state index in [0.717, 1.165) is 107 Å². The standard InChI is InChI=1S/C33H54O2.C31H50O4.C2H5I.CH2I.V/c1-21-18-30(7)25(29(5,6)22(21)2)12-13-32(9)26(30)11-10-23-24-19-28(3,4)14-16-33(24,27(35)20-34)17-15-31(23,32)8;1-26(2)12-14-31(24(34)18-32)15-13-29(6)19(20(31)16-26)8-9-23-28(5)17-21(33)25(35)27(3,4)22(28)10-11-30(23,29)7;1-2-3;1-2;/h10,21-22,24-26,34H,11-20H2,1-9H3;8,20-23,25,32-33,35H,9-18H2,1-7H3;2H2,1H3;1H2;/q;;;-1;/t21-,22+,24-,25-,26+,30-,31+,32+,33-;20-,21-,22-,23+,25+,28-,29+,30+,31-;;;/m00.../s1. The summed E-state index contributed by atoms with van der Waals surface area (Å²) in [5.74, 6) is 4.62. The third kappa shape index (κ3) is 9.68. The molecule has 0 unspecified atom stereocenters. The van der Waals surface area contributed by atoms with Crippen molar-refractivity contribution in [1.82, 2.24) is 0 Å². The van der Waals surface area contributed by atoms with Crippen LogP contribution in [0, 0.1) is 117 Å². The number of allylic oxidation sites excluding steroid dienone is 4. The molecular formula is C67H111I2O6V-. The zero-order valence-corrected chi connectivity index (χ0v) is 57.0. The second-order valence-electron chi connectivity index (χ2n) is 32.0. The van der Waals surface area contributed by atoms with Crippen LogP contribution in [0.4, 0.5) is 0 Å². The van der Waals surface area contributed by atoms with E-state index in [9.17, 15) is 30.0 Å². The van der Waals surface area contributed by atoms with Crippen molar-refractivity contribution in [2.24, 2.45) is 112 Å². The van der Waals surface area contributed by atoms with Crippen LogP contribution < -0.4 is 0 Å². The van der Waals surface area contributed by atoms with Crippen LogP contribution in [0.25, 0.3) is 0 Å². The summed E-state index contributed by atoms with van der Waals surface area (Å²) in [7, 11) is 0. The van der Waals surface area contributed by atoms with Crippen LogP contribution in [0.2, 0.25) is 0 Å². The Hall–Kier alpha value is 0.704. The van der Waals surface area contributed by atoms with E-state index in [-0.39, 0.29) is 98.0 Å². The fraction of sp³-hybridized carbons (Fsp3) is 0.896. The zero-order valence-electron chi connectivity index (χ0n) is 51.3. The first-order valence-corrected chi connectivity index (χ1v) is 33.5. The van der Waals surface area contributed by atoms with Crippen molar-refractivity contribution >= 4 is 56.7 Å². The molecule has 0 bridgehead atoms. The molecule has 10 rings (SSSR count). The minimum atomic E-state index is -0.674. The summed E-state index contributed by atoms with van der Waals surface area (Å²) in [6.07, 6.45) is 23.1. The molecule has 4 N–H and O–H groups in total. The van der Waals surface area contributed by atoms with Gasteiger partial charge in [-0.05, 0) is 221 Å². The molecule has 0 aliphatic heterocycles. The number of ketones is 2. The number of carbonyl (C=O) groups is 2. The summed E-state index contributed by atoms with van der Waals surface area (Å²) >= 11 is 4.19. The number of carbonyl (C=O) groups excluding carboxylic acids is 2. The van der Waals surface area contributed by atoms with E-state index in [4.69, 9.17) is 0 Å². The van der Waals surface area contributed by atoms with Gasteiger partial charge in [-0.2, -0.15) is 0 Å². The first kappa shape index (κ1) is 65.9. The molecule has 76 heavy (non-hydrogen) atoms. The number of aliphatic hydroxyl groups excluding tert-OH is 4. The van der Waals surface area contributed by atoms with Crippen LogP contribution in [-0.2, 0) is 28.1 Å². The second kappa shape index (κ2) is 22.3. The van der Waals surface area contributed by atoms with Crippen LogP contribution >= 0.6 is 45.2 Å². The Bertz CT molecular complexity index is 2050. The van der Waals surface area contributed by atoms with E-state index in [1.807, 2.05) is 22.6 Å². The molecule has 18 atom stereocenters. The van der Waals surface area contributed by atoms with Crippen molar-refractivity contribution < 1.29 is 48.6 Å². The van der Waals surface area contributed by atoms with Gasteiger partial charge in [-0.15, -0.1) is 0 Å². The molecule has 0 spiro atoms. The second-order valence-corrected chi connectivity index (χ2v) is 33.5. The van der Waals surface area contributed by atoms with Crippen molar-refractivity contribution in [1.29, 1.82) is 0 Å². The Morgan fingerprint density at radius 1 is 0.553 bits per heavy atom. The molecule has 10 aliphatic rings. The molecule has 0 saturated heterocycles. The van der Waals surface area contributed by atoms with E-state index in [1.54, 1.807) is 5.57 Å². The van der Waals surface area contributed by atoms with E-state index < -0.39 is 17.6 Å². The van der Waals surface area contributed by atoms with Crippen molar-refractivity contribution in [3.05, 3.63) is 28.2 Å². The Morgan fingerprint density at radius 3 is 1.29 bits per heavy atom. The summed E-state index contributed by atoms with van der Waals surface area (Å²) in [6.45, 7) is 40.9. The molecule has 0 heterocycles. The third-order valence-electron chi connectivity index (χ3n) is 27.6. The fourth-order valence-corrected chi connectivity index (χ4v) is 22.7. The minimum absolute atomic E-state index is 0. The summed E-state index contributed by atoms with van der Waals surface area (Å²) in [6, 6.07) is 0. The van der Waals surface area contributed by atoms with Crippen LogP contribution in [0.5, 0.6) is 0 Å². The van der Waals surface area contributed by atoms with Gasteiger partial charge in [0.25, 0.3) is 0 Å². The van der Waals surface area contributed by atoms with Gasteiger partial charge in [-0.1, -0.05) is 164 Å². The van der Waals surface area contributed by atoms with Crippen LogP contribution in [0.15, 0.2) is 23.3 Å². The number of fused-ring (bicyclic) bond motifs is 14.